The highest BCUT2D eigenvalue weighted by Crippen LogP contribution is 2.20. The quantitative estimate of drug-likeness (QED) is 0.153. The Morgan fingerprint density at radius 3 is 2.35 bits per heavy atom. The normalized spacial score (nSPS) is 11.5. The highest BCUT2D eigenvalue weighted by Gasteiger charge is 2.21. The molecule has 14 heteroatoms. The minimum atomic E-state index is -1.02. The number of amides is 4. The van der Waals surface area contributed by atoms with E-state index in [-0.39, 0.29) is 19.4 Å². The zero-order valence-electron chi connectivity index (χ0n) is 22.6. The third kappa shape index (κ3) is 9.50. The van der Waals surface area contributed by atoms with E-state index in [0.29, 0.717) is 27.6 Å². The molecule has 0 saturated heterocycles. The van der Waals surface area contributed by atoms with Crippen LogP contribution in [0, 0.1) is 0 Å². The second-order valence-electron chi connectivity index (χ2n) is 9.13. The number of urea groups is 1. The number of nitrogens with zero attached hydrogens (tertiary/aromatic N) is 4. The van der Waals surface area contributed by atoms with Gasteiger partial charge in [-0.05, 0) is 64.5 Å². The van der Waals surface area contributed by atoms with Crippen molar-refractivity contribution >= 4 is 52.9 Å². The van der Waals surface area contributed by atoms with Gasteiger partial charge in [0.25, 0.3) is 0 Å². The summed E-state index contributed by atoms with van der Waals surface area (Å²) in [5.41, 5.74) is 2.91. The molecule has 0 radical (unpaired) electrons. The minimum Gasteiger partial charge on any atom is -0.481 e. The average Bonchev–Trinajstić information content (AvgIpc) is 3.52. The van der Waals surface area contributed by atoms with Gasteiger partial charge < -0.3 is 26.4 Å². The maximum absolute atomic E-state index is 13.3. The van der Waals surface area contributed by atoms with Crippen molar-refractivity contribution in [2.75, 3.05) is 17.2 Å². The van der Waals surface area contributed by atoms with Gasteiger partial charge in [-0.3, -0.25) is 14.4 Å². The zero-order valence-corrected chi connectivity index (χ0v) is 23.4. The minimum absolute atomic E-state index is 0.0153. The van der Waals surface area contributed by atoms with E-state index in [0.717, 1.165) is 5.56 Å². The summed E-state index contributed by atoms with van der Waals surface area (Å²) in [6.45, 7) is -0.0153. The molecule has 4 rings (SSSR count). The van der Waals surface area contributed by atoms with E-state index in [1.165, 1.54) is 17.1 Å². The van der Waals surface area contributed by atoms with Crippen molar-refractivity contribution < 1.29 is 24.3 Å². The molecule has 0 aliphatic heterocycles. The lowest BCUT2D eigenvalue weighted by molar-refractivity contribution is -0.136. The lowest BCUT2D eigenvalue weighted by Crippen LogP contribution is -2.44. The van der Waals surface area contributed by atoms with Crippen LogP contribution in [-0.4, -0.2) is 61.7 Å². The number of carbonyl (C=O) groups is 4. The van der Waals surface area contributed by atoms with Gasteiger partial charge in [0.05, 0.1) is 12.1 Å². The zero-order chi connectivity index (χ0) is 30.6. The number of benzene rings is 3. The molecule has 4 aromatic rings. The Balaban J connectivity index is 1.43. The maximum atomic E-state index is 13.3. The van der Waals surface area contributed by atoms with Crippen molar-refractivity contribution in [3.8, 4) is 5.69 Å². The van der Waals surface area contributed by atoms with E-state index >= 15 is 0 Å². The topological polar surface area (TPSA) is 180 Å². The molecule has 0 saturated carbocycles. The summed E-state index contributed by atoms with van der Waals surface area (Å²) < 4.78 is 1.44. The second-order valence-corrected chi connectivity index (χ2v) is 9.57. The Morgan fingerprint density at radius 1 is 0.953 bits per heavy atom. The number of aromatic nitrogens is 4. The van der Waals surface area contributed by atoms with E-state index in [1.807, 2.05) is 30.3 Å². The summed E-state index contributed by atoms with van der Waals surface area (Å²) in [6.07, 6.45) is 4.30. The number of anilines is 2. The molecule has 1 atom stereocenters. The molecule has 0 bridgehead atoms. The van der Waals surface area contributed by atoms with Crippen molar-refractivity contribution in [3.63, 3.8) is 0 Å². The van der Waals surface area contributed by atoms with Gasteiger partial charge in [-0.15, -0.1) is 5.10 Å². The standard InChI is InChI=1S/C29H27ClN8O5/c30-21-7-12-25(38-18-32-36-37-38)20(17-21)6-13-26(39)35-24(16-19-4-2-1-3-5-19)28(42)33-22-8-10-23(11-9-22)34-29(43)31-15-14-27(40)41/h1-13,17-18,24H,14-16H2,(H,33,42)(H,35,39)(H,40,41)(H2,31,34,43)/b13-6+. The lowest BCUT2D eigenvalue weighted by Gasteiger charge is -2.18. The number of halogens is 1. The molecule has 43 heavy (non-hydrogen) atoms. The SMILES string of the molecule is O=C(O)CCNC(=O)Nc1ccc(NC(=O)C(Cc2ccccc2)NC(=O)/C=C/c2cc(Cl)ccc2-n2cnnn2)cc1. The molecule has 1 heterocycles. The summed E-state index contributed by atoms with van der Waals surface area (Å²) >= 11 is 6.16. The van der Waals surface area contributed by atoms with Crippen molar-refractivity contribution in [1.29, 1.82) is 0 Å². The first kappa shape index (κ1) is 30.4. The second kappa shape index (κ2) is 14.9. The van der Waals surface area contributed by atoms with Gasteiger partial charge in [-0.2, -0.15) is 4.68 Å². The molecular weight excluding hydrogens is 576 g/mol. The van der Waals surface area contributed by atoms with Crippen LogP contribution in [0.1, 0.15) is 17.5 Å². The van der Waals surface area contributed by atoms with Crippen LogP contribution in [0.5, 0.6) is 0 Å². The van der Waals surface area contributed by atoms with Gasteiger partial charge in [0, 0.05) is 41.0 Å². The molecule has 4 amide bonds. The highest BCUT2D eigenvalue weighted by atomic mass is 35.5. The van der Waals surface area contributed by atoms with Crippen LogP contribution in [0.2, 0.25) is 5.02 Å². The summed E-state index contributed by atoms with van der Waals surface area (Å²) in [7, 11) is 0. The predicted molar refractivity (Wildman–Crippen MR) is 160 cm³/mol. The van der Waals surface area contributed by atoms with Crippen LogP contribution < -0.4 is 21.3 Å². The number of nitrogens with one attached hydrogen (secondary N) is 4. The van der Waals surface area contributed by atoms with Crippen LogP contribution in [0.3, 0.4) is 0 Å². The highest BCUT2D eigenvalue weighted by molar-refractivity contribution is 6.30. The molecule has 0 aliphatic rings. The summed E-state index contributed by atoms with van der Waals surface area (Å²) in [5.74, 6) is -1.98. The molecule has 220 valence electrons. The first-order valence-corrected chi connectivity index (χ1v) is 13.4. The Kier molecular flexibility index (Phi) is 10.5. The van der Waals surface area contributed by atoms with E-state index in [9.17, 15) is 19.2 Å². The van der Waals surface area contributed by atoms with E-state index in [2.05, 4.69) is 36.8 Å². The van der Waals surface area contributed by atoms with Crippen LogP contribution >= 0.6 is 11.6 Å². The third-order valence-corrected chi connectivity index (χ3v) is 6.19. The van der Waals surface area contributed by atoms with Gasteiger partial charge in [-0.1, -0.05) is 41.9 Å². The van der Waals surface area contributed by atoms with Crippen LogP contribution in [0.4, 0.5) is 16.2 Å². The molecule has 5 N–H and O–H groups in total. The number of hydrogen-bond donors (Lipinski definition) is 5. The Hall–Kier alpha value is -5.56. The van der Waals surface area contributed by atoms with E-state index < -0.39 is 29.9 Å². The summed E-state index contributed by atoms with van der Waals surface area (Å²) in [5, 5.41) is 30.9. The molecule has 3 aromatic carbocycles. The molecule has 1 aromatic heterocycles. The number of aliphatic carboxylic acids is 1. The van der Waals surface area contributed by atoms with Crippen LogP contribution in [-0.2, 0) is 20.8 Å². The number of tetrazole rings is 1. The number of carbonyl (C=O) groups excluding carboxylic acids is 3. The number of hydrogen-bond acceptors (Lipinski definition) is 7. The van der Waals surface area contributed by atoms with Gasteiger partial charge in [0.1, 0.15) is 12.4 Å². The van der Waals surface area contributed by atoms with Crippen LogP contribution in [0.15, 0.2) is 85.2 Å². The fraction of sp³-hybridized carbons (Fsp3) is 0.138. The summed E-state index contributed by atoms with van der Waals surface area (Å²) in [6, 6.07) is 19.2. The smallest absolute Gasteiger partial charge is 0.319 e. The molecule has 0 fully saturated rings. The Morgan fingerprint density at radius 2 is 1.67 bits per heavy atom. The summed E-state index contributed by atoms with van der Waals surface area (Å²) in [4.78, 5) is 48.8. The predicted octanol–water partition coefficient (Wildman–Crippen LogP) is 3.29. The van der Waals surface area contributed by atoms with Crippen LogP contribution in [0.25, 0.3) is 11.8 Å². The molecule has 0 aliphatic carbocycles. The molecular formula is C29H27ClN8O5. The fourth-order valence-electron chi connectivity index (χ4n) is 3.91. The van der Waals surface area contributed by atoms with Gasteiger partial charge in [0.15, 0.2) is 0 Å². The Labute approximate surface area is 250 Å². The van der Waals surface area contributed by atoms with Gasteiger partial charge in [0.2, 0.25) is 11.8 Å². The fourth-order valence-corrected chi connectivity index (χ4v) is 4.09. The first-order valence-electron chi connectivity index (χ1n) is 13.0. The first-order chi connectivity index (χ1) is 20.8. The largest absolute Gasteiger partial charge is 0.481 e. The van der Waals surface area contributed by atoms with Gasteiger partial charge in [-0.25, -0.2) is 4.79 Å². The van der Waals surface area contributed by atoms with Crippen molar-refractivity contribution in [1.82, 2.24) is 30.8 Å². The Bertz CT molecular complexity index is 1600. The molecule has 1 unspecified atom stereocenters. The van der Waals surface area contributed by atoms with E-state index in [4.69, 9.17) is 16.7 Å². The van der Waals surface area contributed by atoms with Crippen molar-refractivity contribution in [2.45, 2.75) is 18.9 Å². The molecule has 13 nitrogen and oxygen atoms in total. The number of carboxylic acid groups (broad SMARTS) is 1. The average molecular weight is 603 g/mol. The molecule has 0 spiro atoms. The number of rotatable bonds is 12. The number of carboxylic acids is 1. The van der Waals surface area contributed by atoms with Crippen molar-refractivity contribution in [3.05, 3.63) is 101 Å². The van der Waals surface area contributed by atoms with E-state index in [1.54, 1.807) is 48.5 Å². The van der Waals surface area contributed by atoms with Crippen molar-refractivity contribution in [2.24, 2.45) is 0 Å². The van der Waals surface area contributed by atoms with Gasteiger partial charge >= 0.3 is 12.0 Å². The third-order valence-electron chi connectivity index (χ3n) is 5.95. The maximum Gasteiger partial charge on any atom is 0.319 e. The lowest BCUT2D eigenvalue weighted by atomic mass is 10.0. The monoisotopic (exact) mass is 602 g/mol.